The monoisotopic (exact) mass is 272 g/mol. The second-order valence-corrected chi connectivity index (χ2v) is 3.98. The van der Waals surface area contributed by atoms with Crippen molar-refractivity contribution in [3.05, 3.63) is 24.0 Å². The predicted molar refractivity (Wildman–Crippen MR) is 73.7 cm³/mol. The first-order valence-corrected chi connectivity index (χ1v) is 5.95. The van der Waals surface area contributed by atoms with Crippen molar-refractivity contribution in [2.24, 2.45) is 0 Å². The van der Waals surface area contributed by atoms with Crippen LogP contribution in [0.2, 0.25) is 0 Å². The van der Waals surface area contributed by atoms with Crippen molar-refractivity contribution in [2.75, 3.05) is 32.7 Å². The molecule has 0 aliphatic rings. The first-order valence-electron chi connectivity index (χ1n) is 5.54. The molecule has 4 nitrogen and oxygen atoms in total. The summed E-state index contributed by atoms with van der Waals surface area (Å²) < 4.78 is 23.4. The van der Waals surface area contributed by atoms with E-state index in [1.54, 1.807) is 19.2 Å². The number of benzene rings is 1. The maximum Gasteiger partial charge on any atom is 0.170 e. The van der Waals surface area contributed by atoms with Gasteiger partial charge < -0.3 is 20.1 Å². The quantitative estimate of drug-likeness (QED) is 0.613. The molecule has 1 rings (SSSR count). The Balaban J connectivity index is 2.48. The number of nitrogens with one attached hydrogen (secondary N) is 2. The molecule has 1 aromatic carbocycles. The van der Waals surface area contributed by atoms with Gasteiger partial charge in [-0.1, -0.05) is 0 Å². The number of methoxy groups -OCH3 is 2. The fraction of sp³-hybridized carbons (Fsp3) is 0.417. The summed E-state index contributed by atoms with van der Waals surface area (Å²) in [6, 6.07) is 4.43. The second-order valence-electron chi connectivity index (χ2n) is 3.57. The minimum absolute atomic E-state index is 0.290. The molecule has 0 saturated heterocycles. The molecule has 1 aromatic rings. The van der Waals surface area contributed by atoms with Crippen LogP contribution in [0.4, 0.5) is 10.1 Å². The molecule has 0 aromatic heterocycles. The Bertz CT molecular complexity index is 402. The van der Waals surface area contributed by atoms with Gasteiger partial charge in [-0.15, -0.1) is 0 Å². The smallest absolute Gasteiger partial charge is 0.170 e. The van der Waals surface area contributed by atoms with Crippen molar-refractivity contribution in [1.82, 2.24) is 5.32 Å². The molecule has 0 unspecified atom stereocenters. The summed E-state index contributed by atoms with van der Waals surface area (Å²) in [5, 5.41) is 6.12. The Morgan fingerprint density at radius 2 is 2.17 bits per heavy atom. The van der Waals surface area contributed by atoms with Crippen LogP contribution < -0.4 is 15.4 Å². The van der Waals surface area contributed by atoms with Gasteiger partial charge in [-0.25, -0.2) is 4.39 Å². The van der Waals surface area contributed by atoms with E-state index in [0.717, 1.165) is 6.42 Å². The molecule has 18 heavy (non-hydrogen) atoms. The van der Waals surface area contributed by atoms with Gasteiger partial charge >= 0.3 is 0 Å². The number of halogens is 1. The first kappa shape index (κ1) is 14.7. The van der Waals surface area contributed by atoms with Gasteiger partial charge in [0.15, 0.2) is 5.11 Å². The number of hydrogen-bond donors (Lipinski definition) is 2. The normalized spacial score (nSPS) is 9.94. The van der Waals surface area contributed by atoms with E-state index in [4.69, 9.17) is 21.7 Å². The number of ether oxygens (including phenoxy) is 2. The molecule has 0 fully saturated rings. The van der Waals surface area contributed by atoms with Crippen molar-refractivity contribution in [3.8, 4) is 5.75 Å². The lowest BCUT2D eigenvalue weighted by molar-refractivity contribution is 0.196. The largest absolute Gasteiger partial charge is 0.497 e. The molecule has 2 N–H and O–H groups in total. The van der Waals surface area contributed by atoms with E-state index in [0.29, 0.717) is 29.7 Å². The van der Waals surface area contributed by atoms with Gasteiger partial charge in [0.1, 0.15) is 11.6 Å². The van der Waals surface area contributed by atoms with E-state index in [2.05, 4.69) is 10.6 Å². The topological polar surface area (TPSA) is 42.5 Å². The molecule has 0 heterocycles. The lowest BCUT2D eigenvalue weighted by Crippen LogP contribution is -2.30. The van der Waals surface area contributed by atoms with Crippen LogP contribution in [0.3, 0.4) is 0 Å². The highest BCUT2D eigenvalue weighted by Crippen LogP contribution is 2.20. The standard InChI is InChI=1S/C12H17FN2O2S/c1-16-7-3-6-14-12(18)15-11-8-9(17-2)4-5-10(11)13/h4-5,8H,3,6-7H2,1-2H3,(H2,14,15,18). The van der Waals surface area contributed by atoms with Crippen LogP contribution in [0, 0.1) is 5.82 Å². The molecular weight excluding hydrogens is 255 g/mol. The molecule has 0 atom stereocenters. The van der Waals surface area contributed by atoms with Gasteiger partial charge in [0.05, 0.1) is 12.8 Å². The van der Waals surface area contributed by atoms with Crippen LogP contribution in [0.25, 0.3) is 0 Å². The SMILES string of the molecule is COCCCNC(=S)Nc1cc(OC)ccc1F. The third-order valence-electron chi connectivity index (χ3n) is 2.23. The summed E-state index contributed by atoms with van der Waals surface area (Å²) in [7, 11) is 3.17. The lowest BCUT2D eigenvalue weighted by Gasteiger charge is -2.11. The highest BCUT2D eigenvalue weighted by molar-refractivity contribution is 7.80. The van der Waals surface area contributed by atoms with E-state index in [1.807, 2.05) is 0 Å². The minimum Gasteiger partial charge on any atom is -0.497 e. The number of anilines is 1. The zero-order valence-electron chi connectivity index (χ0n) is 10.5. The lowest BCUT2D eigenvalue weighted by atomic mass is 10.3. The average molecular weight is 272 g/mol. The summed E-state index contributed by atoms with van der Waals surface area (Å²) in [4.78, 5) is 0. The third kappa shape index (κ3) is 4.85. The first-order chi connectivity index (χ1) is 8.67. The van der Waals surface area contributed by atoms with Gasteiger partial charge in [0.2, 0.25) is 0 Å². The summed E-state index contributed by atoms with van der Waals surface area (Å²) in [6.45, 7) is 1.33. The van der Waals surface area contributed by atoms with Crippen LogP contribution in [-0.2, 0) is 4.74 Å². The van der Waals surface area contributed by atoms with Gasteiger partial charge in [0.25, 0.3) is 0 Å². The Kier molecular flexibility index (Phi) is 6.38. The molecule has 0 aliphatic carbocycles. The molecule has 0 spiro atoms. The Morgan fingerprint density at radius 1 is 1.39 bits per heavy atom. The van der Waals surface area contributed by atoms with Gasteiger partial charge in [0, 0.05) is 26.3 Å². The van der Waals surface area contributed by atoms with Crippen LogP contribution in [0.1, 0.15) is 6.42 Å². The minimum atomic E-state index is -0.378. The fourth-order valence-corrected chi connectivity index (χ4v) is 1.52. The van der Waals surface area contributed by atoms with E-state index < -0.39 is 0 Å². The fourth-order valence-electron chi connectivity index (χ4n) is 1.31. The van der Waals surface area contributed by atoms with E-state index in [1.165, 1.54) is 13.2 Å². The van der Waals surface area contributed by atoms with Gasteiger partial charge in [-0.3, -0.25) is 0 Å². The zero-order chi connectivity index (χ0) is 13.4. The molecule has 6 heteroatoms. The highest BCUT2D eigenvalue weighted by atomic mass is 32.1. The number of rotatable bonds is 6. The molecule has 0 radical (unpaired) electrons. The molecule has 0 saturated carbocycles. The van der Waals surface area contributed by atoms with Crippen molar-refractivity contribution in [2.45, 2.75) is 6.42 Å². The van der Waals surface area contributed by atoms with Crippen molar-refractivity contribution < 1.29 is 13.9 Å². The van der Waals surface area contributed by atoms with Crippen molar-refractivity contribution in [3.63, 3.8) is 0 Å². The summed E-state index contributed by atoms with van der Waals surface area (Å²) in [5.41, 5.74) is 0.290. The van der Waals surface area contributed by atoms with Crippen LogP contribution in [0.5, 0.6) is 5.75 Å². The van der Waals surface area contributed by atoms with Crippen LogP contribution in [-0.4, -0.2) is 32.5 Å². The number of thiocarbonyl (C=S) groups is 1. The Morgan fingerprint density at radius 3 is 2.83 bits per heavy atom. The Labute approximate surface area is 111 Å². The molecule has 0 amide bonds. The zero-order valence-corrected chi connectivity index (χ0v) is 11.3. The average Bonchev–Trinajstić information content (AvgIpc) is 2.37. The molecule has 0 aliphatic heterocycles. The summed E-state index contributed by atoms with van der Waals surface area (Å²) >= 11 is 5.05. The number of hydrogen-bond acceptors (Lipinski definition) is 3. The molecule has 0 bridgehead atoms. The van der Waals surface area contributed by atoms with Crippen molar-refractivity contribution >= 4 is 23.0 Å². The van der Waals surface area contributed by atoms with Gasteiger partial charge in [-0.05, 0) is 30.8 Å². The predicted octanol–water partition coefficient (Wildman–Crippen LogP) is 2.16. The maximum atomic E-state index is 13.5. The van der Waals surface area contributed by atoms with Gasteiger partial charge in [-0.2, -0.15) is 0 Å². The Hall–Kier alpha value is -1.40. The summed E-state index contributed by atoms with van der Waals surface area (Å²) in [5.74, 6) is 0.193. The van der Waals surface area contributed by atoms with Crippen molar-refractivity contribution in [1.29, 1.82) is 0 Å². The highest BCUT2D eigenvalue weighted by Gasteiger charge is 2.05. The molecule has 100 valence electrons. The maximum absolute atomic E-state index is 13.5. The van der Waals surface area contributed by atoms with Crippen LogP contribution in [0.15, 0.2) is 18.2 Å². The van der Waals surface area contributed by atoms with Crippen LogP contribution >= 0.6 is 12.2 Å². The van der Waals surface area contributed by atoms with E-state index in [-0.39, 0.29) is 5.82 Å². The van der Waals surface area contributed by atoms with E-state index in [9.17, 15) is 4.39 Å². The summed E-state index contributed by atoms with van der Waals surface area (Å²) in [6.07, 6.45) is 0.832. The van der Waals surface area contributed by atoms with E-state index >= 15 is 0 Å². The second kappa shape index (κ2) is 7.84. The molecular formula is C12H17FN2O2S. The third-order valence-corrected chi connectivity index (χ3v) is 2.48.